The summed E-state index contributed by atoms with van der Waals surface area (Å²) in [5, 5.41) is 3.59. The van der Waals surface area contributed by atoms with Crippen molar-refractivity contribution in [3.05, 3.63) is 90.0 Å². The van der Waals surface area contributed by atoms with Crippen LogP contribution in [-0.4, -0.2) is 7.11 Å². The Kier molecular flexibility index (Phi) is 5.29. The van der Waals surface area contributed by atoms with Crippen LogP contribution in [0.2, 0.25) is 0 Å². The summed E-state index contributed by atoms with van der Waals surface area (Å²) in [5.41, 5.74) is 4.97. The van der Waals surface area contributed by atoms with Gasteiger partial charge < -0.3 is 10.1 Å². The predicted octanol–water partition coefficient (Wildman–Crippen LogP) is 5.21. The van der Waals surface area contributed by atoms with E-state index in [1.54, 1.807) is 7.11 Å². The number of hydrogen-bond donors (Lipinski definition) is 1. The summed E-state index contributed by atoms with van der Waals surface area (Å²) in [4.78, 5) is 0. The van der Waals surface area contributed by atoms with Gasteiger partial charge in [-0.25, -0.2) is 0 Å². The Labute approximate surface area is 144 Å². The minimum atomic E-state index is 0.326. The van der Waals surface area contributed by atoms with Crippen molar-refractivity contribution in [1.29, 1.82) is 0 Å². The van der Waals surface area contributed by atoms with Gasteiger partial charge in [0.05, 0.1) is 7.11 Å². The molecule has 0 bridgehead atoms. The second-order valence-electron chi connectivity index (χ2n) is 5.95. The first-order chi connectivity index (χ1) is 11.8. The van der Waals surface area contributed by atoms with Gasteiger partial charge in [-0.3, -0.25) is 0 Å². The Balaban J connectivity index is 1.71. The van der Waals surface area contributed by atoms with E-state index in [9.17, 15) is 0 Å². The Morgan fingerprint density at radius 3 is 2.29 bits per heavy atom. The summed E-state index contributed by atoms with van der Waals surface area (Å²) in [6.07, 6.45) is 0. The molecule has 0 aromatic heterocycles. The first-order valence-electron chi connectivity index (χ1n) is 8.28. The zero-order valence-corrected chi connectivity index (χ0v) is 14.2. The number of ether oxygens (including phenoxy) is 1. The highest BCUT2D eigenvalue weighted by molar-refractivity contribution is 5.65. The number of benzene rings is 3. The molecular weight excluding hydrogens is 294 g/mol. The molecule has 0 amide bonds. The molecule has 0 heterocycles. The third kappa shape index (κ3) is 4.03. The topological polar surface area (TPSA) is 21.3 Å². The fourth-order valence-electron chi connectivity index (χ4n) is 2.79. The lowest BCUT2D eigenvalue weighted by Crippen LogP contribution is -2.17. The van der Waals surface area contributed by atoms with E-state index in [4.69, 9.17) is 4.74 Å². The van der Waals surface area contributed by atoms with E-state index in [0.29, 0.717) is 6.04 Å². The van der Waals surface area contributed by atoms with Crippen LogP contribution in [0.5, 0.6) is 5.75 Å². The zero-order chi connectivity index (χ0) is 16.8. The Morgan fingerprint density at radius 2 is 1.54 bits per heavy atom. The van der Waals surface area contributed by atoms with Crippen molar-refractivity contribution in [3.63, 3.8) is 0 Å². The molecule has 0 spiro atoms. The molecule has 0 aliphatic heterocycles. The third-order valence-corrected chi connectivity index (χ3v) is 4.24. The molecule has 122 valence electrons. The molecule has 1 N–H and O–H groups in total. The normalized spacial score (nSPS) is 11.9. The quantitative estimate of drug-likeness (QED) is 0.673. The fourth-order valence-corrected chi connectivity index (χ4v) is 2.79. The van der Waals surface area contributed by atoms with E-state index in [0.717, 1.165) is 12.3 Å². The van der Waals surface area contributed by atoms with Gasteiger partial charge >= 0.3 is 0 Å². The van der Waals surface area contributed by atoms with Gasteiger partial charge in [0.25, 0.3) is 0 Å². The molecule has 0 saturated heterocycles. The van der Waals surface area contributed by atoms with Crippen molar-refractivity contribution in [3.8, 4) is 16.9 Å². The van der Waals surface area contributed by atoms with Gasteiger partial charge in [0.2, 0.25) is 0 Å². The molecule has 24 heavy (non-hydrogen) atoms. The largest absolute Gasteiger partial charge is 0.497 e. The van der Waals surface area contributed by atoms with Crippen LogP contribution in [0.15, 0.2) is 78.9 Å². The van der Waals surface area contributed by atoms with Crippen LogP contribution < -0.4 is 10.1 Å². The second-order valence-corrected chi connectivity index (χ2v) is 5.95. The minimum Gasteiger partial charge on any atom is -0.497 e. The van der Waals surface area contributed by atoms with E-state index in [1.165, 1.54) is 22.3 Å². The van der Waals surface area contributed by atoms with E-state index < -0.39 is 0 Å². The fraction of sp³-hybridized carbons (Fsp3) is 0.182. The van der Waals surface area contributed by atoms with Crippen molar-refractivity contribution in [2.75, 3.05) is 7.11 Å². The van der Waals surface area contributed by atoms with Gasteiger partial charge in [0.15, 0.2) is 0 Å². The molecule has 2 nitrogen and oxygen atoms in total. The summed E-state index contributed by atoms with van der Waals surface area (Å²) in [5.74, 6) is 0.883. The molecule has 0 radical (unpaired) electrons. The van der Waals surface area contributed by atoms with Gasteiger partial charge in [-0.1, -0.05) is 60.7 Å². The van der Waals surface area contributed by atoms with Crippen molar-refractivity contribution >= 4 is 0 Å². The number of rotatable bonds is 6. The van der Waals surface area contributed by atoms with Gasteiger partial charge in [0.1, 0.15) is 5.75 Å². The lowest BCUT2D eigenvalue weighted by atomic mass is 10.0. The maximum atomic E-state index is 5.32. The number of methoxy groups -OCH3 is 1. The van der Waals surface area contributed by atoms with Crippen LogP contribution in [-0.2, 0) is 6.54 Å². The van der Waals surface area contributed by atoms with Crippen molar-refractivity contribution < 1.29 is 4.74 Å². The Hall–Kier alpha value is -2.58. The third-order valence-electron chi connectivity index (χ3n) is 4.24. The monoisotopic (exact) mass is 317 g/mol. The highest BCUT2D eigenvalue weighted by Crippen LogP contribution is 2.24. The van der Waals surface area contributed by atoms with Gasteiger partial charge in [0, 0.05) is 12.6 Å². The van der Waals surface area contributed by atoms with Gasteiger partial charge in [-0.15, -0.1) is 0 Å². The van der Waals surface area contributed by atoms with E-state index in [-0.39, 0.29) is 0 Å². The first kappa shape index (κ1) is 16.3. The van der Waals surface area contributed by atoms with Crippen LogP contribution in [0, 0.1) is 0 Å². The van der Waals surface area contributed by atoms with E-state index in [2.05, 4.69) is 72.9 Å². The highest BCUT2D eigenvalue weighted by Gasteiger charge is 2.05. The lowest BCUT2D eigenvalue weighted by molar-refractivity contribution is 0.415. The average molecular weight is 317 g/mol. The van der Waals surface area contributed by atoms with Crippen molar-refractivity contribution in [1.82, 2.24) is 5.32 Å². The maximum Gasteiger partial charge on any atom is 0.119 e. The minimum absolute atomic E-state index is 0.326. The van der Waals surface area contributed by atoms with Crippen LogP contribution in [0.25, 0.3) is 11.1 Å². The molecule has 0 aliphatic rings. The number of hydrogen-bond acceptors (Lipinski definition) is 2. The van der Waals surface area contributed by atoms with Crippen LogP contribution in [0.1, 0.15) is 24.1 Å². The van der Waals surface area contributed by atoms with Crippen molar-refractivity contribution in [2.45, 2.75) is 19.5 Å². The summed E-state index contributed by atoms with van der Waals surface area (Å²) in [6.45, 7) is 3.04. The summed E-state index contributed by atoms with van der Waals surface area (Å²) < 4.78 is 5.32. The zero-order valence-electron chi connectivity index (χ0n) is 14.2. The van der Waals surface area contributed by atoms with Gasteiger partial charge in [-0.05, 0) is 47.4 Å². The molecule has 0 saturated carbocycles. The van der Waals surface area contributed by atoms with Gasteiger partial charge in [-0.2, -0.15) is 0 Å². The van der Waals surface area contributed by atoms with Crippen LogP contribution in [0.4, 0.5) is 0 Å². The molecule has 3 aromatic carbocycles. The first-order valence-corrected chi connectivity index (χ1v) is 8.28. The molecule has 0 unspecified atom stereocenters. The molecule has 3 aromatic rings. The van der Waals surface area contributed by atoms with E-state index in [1.807, 2.05) is 18.2 Å². The Bertz CT molecular complexity index is 783. The lowest BCUT2D eigenvalue weighted by Gasteiger charge is -2.15. The summed E-state index contributed by atoms with van der Waals surface area (Å²) >= 11 is 0. The maximum absolute atomic E-state index is 5.32. The standard InChI is InChI=1S/C22H23NO/c1-17(19-9-4-3-5-10-19)23-16-18-8-6-11-20(14-18)21-12-7-13-22(15-21)24-2/h3-15,17,23H,16H2,1-2H3/t17-/m1/s1. The molecule has 0 fully saturated rings. The van der Waals surface area contributed by atoms with E-state index >= 15 is 0 Å². The molecule has 0 aliphatic carbocycles. The summed E-state index contributed by atoms with van der Waals surface area (Å²) in [6, 6.07) is 27.7. The molecule has 2 heteroatoms. The molecular formula is C22H23NO. The highest BCUT2D eigenvalue weighted by atomic mass is 16.5. The predicted molar refractivity (Wildman–Crippen MR) is 100 cm³/mol. The smallest absolute Gasteiger partial charge is 0.119 e. The SMILES string of the molecule is COc1cccc(-c2cccc(CN[C@H](C)c3ccccc3)c2)c1. The molecule has 1 atom stereocenters. The van der Waals surface area contributed by atoms with Crippen LogP contribution >= 0.6 is 0 Å². The Morgan fingerprint density at radius 1 is 0.833 bits per heavy atom. The average Bonchev–Trinajstić information content (AvgIpc) is 2.67. The second kappa shape index (κ2) is 7.80. The van der Waals surface area contributed by atoms with Crippen molar-refractivity contribution in [2.24, 2.45) is 0 Å². The molecule has 3 rings (SSSR count). The number of nitrogens with one attached hydrogen (secondary N) is 1. The summed E-state index contributed by atoms with van der Waals surface area (Å²) in [7, 11) is 1.70. The van der Waals surface area contributed by atoms with Crippen LogP contribution in [0.3, 0.4) is 0 Å².